The highest BCUT2D eigenvalue weighted by Crippen LogP contribution is 2.29. The van der Waals surface area contributed by atoms with Crippen LogP contribution in [0.5, 0.6) is 11.5 Å². The second kappa shape index (κ2) is 6.19. The second-order valence-electron chi connectivity index (χ2n) is 3.88. The Labute approximate surface area is 111 Å². The van der Waals surface area contributed by atoms with Gasteiger partial charge in [0.1, 0.15) is 0 Å². The predicted molar refractivity (Wildman–Crippen MR) is 66.9 cm³/mol. The number of aliphatic hydroxyl groups excluding tert-OH is 1. The molecule has 0 aliphatic carbocycles. The van der Waals surface area contributed by atoms with Gasteiger partial charge >= 0.3 is 0 Å². The molecule has 0 bridgehead atoms. The van der Waals surface area contributed by atoms with E-state index in [9.17, 15) is 0 Å². The van der Waals surface area contributed by atoms with Gasteiger partial charge in [-0.1, -0.05) is 6.07 Å². The van der Waals surface area contributed by atoms with E-state index in [1.54, 1.807) is 25.1 Å². The third kappa shape index (κ3) is 3.45. The van der Waals surface area contributed by atoms with Gasteiger partial charge in [-0.25, -0.2) is 0 Å². The van der Waals surface area contributed by atoms with E-state index >= 15 is 0 Å². The van der Waals surface area contributed by atoms with Crippen molar-refractivity contribution in [2.75, 3.05) is 6.61 Å². The summed E-state index contributed by atoms with van der Waals surface area (Å²) in [7, 11) is 0. The molecule has 0 unspecified atom stereocenters. The quantitative estimate of drug-likeness (QED) is 0.857. The fourth-order valence-electron chi connectivity index (χ4n) is 1.57. The molecule has 0 fully saturated rings. The van der Waals surface area contributed by atoms with E-state index in [0.29, 0.717) is 29.9 Å². The smallest absolute Gasteiger partial charge is 0.253 e. The van der Waals surface area contributed by atoms with Crippen LogP contribution in [0.25, 0.3) is 0 Å². The van der Waals surface area contributed by atoms with Crippen LogP contribution in [0, 0.1) is 6.92 Å². The number of ether oxygens (including phenoxy) is 2. The normalized spacial score (nSPS) is 10.5. The number of aromatic nitrogens is 2. The van der Waals surface area contributed by atoms with Crippen LogP contribution in [-0.4, -0.2) is 21.9 Å². The molecule has 102 valence electrons. The molecule has 1 N–H and O–H groups in total. The molecule has 6 heteroatoms. The lowest BCUT2D eigenvalue weighted by Crippen LogP contribution is -2.00. The Balaban J connectivity index is 2.10. The third-order valence-electron chi connectivity index (χ3n) is 2.41. The topological polar surface area (TPSA) is 77.6 Å². The van der Waals surface area contributed by atoms with Gasteiger partial charge in [0, 0.05) is 6.92 Å². The zero-order valence-corrected chi connectivity index (χ0v) is 10.9. The van der Waals surface area contributed by atoms with Crippen molar-refractivity contribution in [1.29, 1.82) is 0 Å². The molecule has 0 aliphatic heterocycles. The van der Waals surface area contributed by atoms with E-state index in [0.717, 1.165) is 5.56 Å². The van der Waals surface area contributed by atoms with Crippen LogP contribution in [0.15, 0.2) is 22.6 Å². The van der Waals surface area contributed by atoms with Crippen molar-refractivity contribution in [1.82, 2.24) is 10.2 Å². The third-order valence-corrected chi connectivity index (χ3v) is 2.41. The molecular weight excluding hydrogens is 248 g/mol. The van der Waals surface area contributed by atoms with Gasteiger partial charge in [-0.3, -0.25) is 0 Å². The number of rotatable bonds is 6. The van der Waals surface area contributed by atoms with Crippen molar-refractivity contribution in [3.05, 3.63) is 35.5 Å². The van der Waals surface area contributed by atoms with Gasteiger partial charge < -0.3 is 19.0 Å². The van der Waals surface area contributed by atoms with Crippen molar-refractivity contribution in [2.45, 2.75) is 27.1 Å². The lowest BCUT2D eigenvalue weighted by Gasteiger charge is -2.11. The first kappa shape index (κ1) is 13.4. The summed E-state index contributed by atoms with van der Waals surface area (Å²) >= 11 is 0. The SMILES string of the molecule is CCOc1cc(CO)ccc1OCc1nnc(C)o1. The lowest BCUT2D eigenvalue weighted by molar-refractivity contribution is 0.239. The number of aryl methyl sites for hydroxylation is 1. The summed E-state index contributed by atoms with van der Waals surface area (Å²) in [6.45, 7) is 4.27. The standard InChI is InChI=1S/C13H16N2O4/c1-3-17-12-6-10(7-16)4-5-11(12)18-8-13-15-14-9(2)19-13/h4-6,16H,3,7-8H2,1-2H3. The Morgan fingerprint density at radius 3 is 2.68 bits per heavy atom. The molecule has 1 aromatic carbocycles. The number of aliphatic hydroxyl groups is 1. The van der Waals surface area contributed by atoms with Gasteiger partial charge in [-0.05, 0) is 24.6 Å². The Kier molecular flexibility index (Phi) is 4.35. The van der Waals surface area contributed by atoms with E-state index in [4.69, 9.17) is 19.0 Å². The lowest BCUT2D eigenvalue weighted by atomic mass is 10.2. The van der Waals surface area contributed by atoms with Gasteiger partial charge in [0.15, 0.2) is 18.1 Å². The Morgan fingerprint density at radius 2 is 2.05 bits per heavy atom. The largest absolute Gasteiger partial charge is 0.490 e. The summed E-state index contributed by atoms with van der Waals surface area (Å²) in [6, 6.07) is 5.27. The molecule has 0 saturated carbocycles. The highest BCUT2D eigenvalue weighted by atomic mass is 16.5. The monoisotopic (exact) mass is 264 g/mol. The predicted octanol–water partition coefficient (Wildman–Crippen LogP) is 1.85. The molecule has 2 aromatic rings. The van der Waals surface area contributed by atoms with Crippen molar-refractivity contribution in [2.24, 2.45) is 0 Å². The molecule has 0 radical (unpaired) electrons. The van der Waals surface area contributed by atoms with Crippen LogP contribution in [0.4, 0.5) is 0 Å². The first-order chi connectivity index (χ1) is 9.22. The minimum Gasteiger partial charge on any atom is -0.490 e. The maximum atomic E-state index is 9.10. The molecule has 6 nitrogen and oxygen atoms in total. The van der Waals surface area contributed by atoms with Crippen LogP contribution in [0.2, 0.25) is 0 Å². The van der Waals surface area contributed by atoms with E-state index in [1.807, 2.05) is 6.92 Å². The van der Waals surface area contributed by atoms with Crippen LogP contribution in [-0.2, 0) is 13.2 Å². The maximum Gasteiger partial charge on any atom is 0.253 e. The zero-order chi connectivity index (χ0) is 13.7. The molecule has 0 amide bonds. The van der Waals surface area contributed by atoms with Crippen molar-refractivity contribution in [3.63, 3.8) is 0 Å². The summed E-state index contributed by atoms with van der Waals surface area (Å²) in [6.07, 6.45) is 0. The van der Waals surface area contributed by atoms with Gasteiger partial charge in [0.25, 0.3) is 5.89 Å². The minimum atomic E-state index is -0.0385. The van der Waals surface area contributed by atoms with E-state index in [2.05, 4.69) is 10.2 Å². The number of hydrogen-bond acceptors (Lipinski definition) is 6. The van der Waals surface area contributed by atoms with E-state index in [-0.39, 0.29) is 13.2 Å². The first-order valence-electron chi connectivity index (χ1n) is 6.01. The molecule has 0 atom stereocenters. The fourth-order valence-corrected chi connectivity index (χ4v) is 1.57. The Bertz CT molecular complexity index is 539. The number of nitrogens with zero attached hydrogens (tertiary/aromatic N) is 2. The summed E-state index contributed by atoms with van der Waals surface area (Å²) in [5.74, 6) is 2.07. The fraction of sp³-hybridized carbons (Fsp3) is 0.385. The van der Waals surface area contributed by atoms with Gasteiger partial charge in [0.2, 0.25) is 5.89 Å². The summed E-state index contributed by atoms with van der Waals surface area (Å²) in [5, 5.41) is 16.7. The summed E-state index contributed by atoms with van der Waals surface area (Å²) in [4.78, 5) is 0. The van der Waals surface area contributed by atoms with Crippen molar-refractivity contribution < 1.29 is 19.0 Å². The highest BCUT2D eigenvalue weighted by Gasteiger charge is 2.09. The molecular formula is C13H16N2O4. The molecule has 1 heterocycles. The number of benzene rings is 1. The van der Waals surface area contributed by atoms with Crippen LogP contribution < -0.4 is 9.47 Å². The average Bonchev–Trinajstić information content (AvgIpc) is 2.83. The molecule has 0 aliphatic rings. The van der Waals surface area contributed by atoms with Crippen LogP contribution in [0.1, 0.15) is 24.3 Å². The van der Waals surface area contributed by atoms with Gasteiger partial charge in [0.05, 0.1) is 13.2 Å². The molecule has 19 heavy (non-hydrogen) atoms. The minimum absolute atomic E-state index is 0.0385. The van der Waals surface area contributed by atoms with Gasteiger partial charge in [-0.2, -0.15) is 0 Å². The Hall–Kier alpha value is -2.08. The summed E-state index contributed by atoms with van der Waals surface area (Å²) < 4.78 is 16.3. The van der Waals surface area contributed by atoms with Crippen LogP contribution >= 0.6 is 0 Å². The van der Waals surface area contributed by atoms with Crippen LogP contribution in [0.3, 0.4) is 0 Å². The van der Waals surface area contributed by atoms with Gasteiger partial charge in [-0.15, -0.1) is 10.2 Å². The molecule has 0 saturated heterocycles. The molecule has 2 rings (SSSR count). The maximum absolute atomic E-state index is 9.10. The number of hydrogen-bond donors (Lipinski definition) is 1. The second-order valence-corrected chi connectivity index (χ2v) is 3.88. The first-order valence-corrected chi connectivity index (χ1v) is 6.01. The van der Waals surface area contributed by atoms with E-state index < -0.39 is 0 Å². The van der Waals surface area contributed by atoms with Crippen molar-refractivity contribution >= 4 is 0 Å². The van der Waals surface area contributed by atoms with E-state index in [1.165, 1.54) is 0 Å². The Morgan fingerprint density at radius 1 is 1.21 bits per heavy atom. The highest BCUT2D eigenvalue weighted by molar-refractivity contribution is 5.42. The average molecular weight is 264 g/mol. The molecule has 1 aromatic heterocycles. The van der Waals surface area contributed by atoms with Crippen molar-refractivity contribution in [3.8, 4) is 11.5 Å². The summed E-state index contributed by atoms with van der Waals surface area (Å²) in [5.41, 5.74) is 0.768. The zero-order valence-electron chi connectivity index (χ0n) is 10.9. The molecule has 0 spiro atoms.